The number of hydrogen-bond acceptors (Lipinski definition) is 0. The van der Waals surface area contributed by atoms with Crippen LogP contribution in [0, 0.1) is 6.92 Å². The van der Waals surface area contributed by atoms with Gasteiger partial charge in [-0.15, -0.1) is 0 Å². The van der Waals surface area contributed by atoms with Crippen molar-refractivity contribution in [3.8, 4) is 0 Å². The van der Waals surface area contributed by atoms with Crippen molar-refractivity contribution in [2.45, 2.75) is 66.7 Å². The quantitative estimate of drug-likeness (QED) is 0.628. The van der Waals surface area contributed by atoms with Crippen molar-refractivity contribution in [1.29, 1.82) is 0 Å². The van der Waals surface area contributed by atoms with Gasteiger partial charge in [0.15, 0.2) is 0 Å². The maximum absolute atomic E-state index is 2.41. The third-order valence-corrected chi connectivity index (χ3v) is 4.84. The molecule has 0 heteroatoms. The largest absolute Gasteiger partial charge is 0.0613 e. The average molecular weight is 294 g/mol. The standard InChI is InChI=1S/C22H30/c1-6-17-10-11-21(19(8-3)13-17)15-22-16(5)12-18(7-2)14-20(22)9-4/h10-14H,6-9,15H2,1-5H3. The highest BCUT2D eigenvalue weighted by Gasteiger charge is 2.10. The van der Waals surface area contributed by atoms with E-state index >= 15 is 0 Å². The fourth-order valence-corrected chi connectivity index (χ4v) is 3.33. The molecule has 0 N–H and O–H groups in total. The molecule has 0 aliphatic rings. The Labute approximate surface area is 136 Å². The summed E-state index contributed by atoms with van der Waals surface area (Å²) in [4.78, 5) is 0. The summed E-state index contributed by atoms with van der Waals surface area (Å²) in [5.41, 5.74) is 10.5. The third-order valence-electron chi connectivity index (χ3n) is 4.84. The molecule has 0 heterocycles. The SMILES string of the molecule is CCc1ccc(Cc2c(C)cc(CC)cc2CC)c(CC)c1. The van der Waals surface area contributed by atoms with Gasteiger partial charge in [0, 0.05) is 0 Å². The van der Waals surface area contributed by atoms with Gasteiger partial charge in [-0.05, 0) is 78.0 Å². The lowest BCUT2D eigenvalue weighted by molar-refractivity contribution is 0.987. The van der Waals surface area contributed by atoms with Crippen LogP contribution in [0.4, 0.5) is 0 Å². The summed E-state index contributed by atoms with van der Waals surface area (Å²) in [5.74, 6) is 0. The minimum atomic E-state index is 1.08. The zero-order valence-electron chi connectivity index (χ0n) is 14.9. The normalized spacial score (nSPS) is 11.0. The van der Waals surface area contributed by atoms with Gasteiger partial charge in [0.05, 0.1) is 0 Å². The van der Waals surface area contributed by atoms with E-state index in [0.717, 1.165) is 32.1 Å². The molecule has 0 amide bonds. The van der Waals surface area contributed by atoms with Gasteiger partial charge in [-0.2, -0.15) is 0 Å². The summed E-state index contributed by atoms with van der Waals surface area (Å²) < 4.78 is 0. The Morgan fingerprint density at radius 3 is 1.86 bits per heavy atom. The Bertz CT molecular complexity index is 635. The summed E-state index contributed by atoms with van der Waals surface area (Å²) in [6.07, 6.45) is 5.57. The molecule has 0 radical (unpaired) electrons. The summed E-state index contributed by atoms with van der Waals surface area (Å²) >= 11 is 0. The van der Waals surface area contributed by atoms with E-state index < -0.39 is 0 Å². The first-order valence-corrected chi connectivity index (χ1v) is 8.84. The molecule has 0 aliphatic heterocycles. The van der Waals surface area contributed by atoms with Crippen LogP contribution in [0.25, 0.3) is 0 Å². The Hall–Kier alpha value is -1.56. The Balaban J connectivity index is 2.42. The zero-order chi connectivity index (χ0) is 16.1. The van der Waals surface area contributed by atoms with Crippen molar-refractivity contribution in [3.05, 3.63) is 69.3 Å². The van der Waals surface area contributed by atoms with Gasteiger partial charge in [0.2, 0.25) is 0 Å². The maximum atomic E-state index is 2.41. The van der Waals surface area contributed by atoms with Crippen LogP contribution in [-0.4, -0.2) is 0 Å². The van der Waals surface area contributed by atoms with E-state index in [4.69, 9.17) is 0 Å². The topological polar surface area (TPSA) is 0 Å². The fraction of sp³-hybridized carbons (Fsp3) is 0.455. The second-order valence-electron chi connectivity index (χ2n) is 6.24. The average Bonchev–Trinajstić information content (AvgIpc) is 2.56. The van der Waals surface area contributed by atoms with Gasteiger partial charge in [0.25, 0.3) is 0 Å². The van der Waals surface area contributed by atoms with E-state index in [0.29, 0.717) is 0 Å². The number of hydrogen-bond donors (Lipinski definition) is 0. The number of rotatable bonds is 6. The zero-order valence-corrected chi connectivity index (χ0v) is 14.9. The van der Waals surface area contributed by atoms with E-state index in [1.165, 1.54) is 33.4 Å². The molecule has 0 bridgehead atoms. The first-order chi connectivity index (χ1) is 10.6. The van der Waals surface area contributed by atoms with Gasteiger partial charge in [-0.3, -0.25) is 0 Å². The second kappa shape index (κ2) is 7.63. The highest BCUT2D eigenvalue weighted by atomic mass is 14.2. The Morgan fingerprint density at radius 1 is 0.636 bits per heavy atom. The van der Waals surface area contributed by atoms with E-state index in [9.17, 15) is 0 Å². The van der Waals surface area contributed by atoms with Crippen molar-refractivity contribution in [3.63, 3.8) is 0 Å². The summed E-state index contributed by atoms with van der Waals surface area (Å²) in [6, 6.07) is 11.8. The molecule has 2 aromatic carbocycles. The molecular weight excluding hydrogens is 264 g/mol. The minimum Gasteiger partial charge on any atom is -0.0613 e. The first kappa shape index (κ1) is 16.8. The van der Waals surface area contributed by atoms with Crippen molar-refractivity contribution in [2.24, 2.45) is 0 Å². The molecule has 118 valence electrons. The van der Waals surface area contributed by atoms with Crippen molar-refractivity contribution >= 4 is 0 Å². The van der Waals surface area contributed by atoms with E-state index in [1.807, 2.05) is 0 Å². The van der Waals surface area contributed by atoms with Crippen LogP contribution in [0.5, 0.6) is 0 Å². The minimum absolute atomic E-state index is 1.08. The van der Waals surface area contributed by atoms with Crippen LogP contribution < -0.4 is 0 Å². The van der Waals surface area contributed by atoms with Crippen LogP contribution in [0.15, 0.2) is 30.3 Å². The van der Waals surface area contributed by atoms with Crippen LogP contribution in [0.2, 0.25) is 0 Å². The lowest BCUT2D eigenvalue weighted by atomic mass is 9.89. The van der Waals surface area contributed by atoms with Crippen LogP contribution in [0.3, 0.4) is 0 Å². The van der Waals surface area contributed by atoms with Crippen LogP contribution in [0.1, 0.15) is 66.6 Å². The van der Waals surface area contributed by atoms with E-state index in [1.54, 1.807) is 5.56 Å². The predicted molar refractivity (Wildman–Crippen MR) is 97.9 cm³/mol. The lowest BCUT2D eigenvalue weighted by Crippen LogP contribution is -2.03. The number of benzene rings is 2. The molecule has 2 rings (SSSR count). The van der Waals surface area contributed by atoms with Crippen LogP contribution in [-0.2, 0) is 32.1 Å². The van der Waals surface area contributed by atoms with Gasteiger partial charge in [-0.25, -0.2) is 0 Å². The summed E-state index contributed by atoms with van der Waals surface area (Å²) in [7, 11) is 0. The monoisotopic (exact) mass is 294 g/mol. The van der Waals surface area contributed by atoms with Crippen LogP contribution >= 0.6 is 0 Å². The molecule has 2 aromatic rings. The van der Waals surface area contributed by atoms with Gasteiger partial charge < -0.3 is 0 Å². The molecule has 0 saturated carbocycles. The molecule has 0 nitrogen and oxygen atoms in total. The third kappa shape index (κ3) is 3.61. The smallest absolute Gasteiger partial charge is 0.00177 e. The summed E-state index contributed by atoms with van der Waals surface area (Å²) in [5, 5.41) is 0. The van der Waals surface area contributed by atoms with Gasteiger partial charge in [-0.1, -0.05) is 58.0 Å². The highest BCUT2D eigenvalue weighted by Crippen LogP contribution is 2.24. The van der Waals surface area contributed by atoms with E-state index in [2.05, 4.69) is 65.0 Å². The molecule has 0 unspecified atom stereocenters. The van der Waals surface area contributed by atoms with Crippen molar-refractivity contribution < 1.29 is 0 Å². The molecule has 0 aromatic heterocycles. The first-order valence-electron chi connectivity index (χ1n) is 8.84. The Kier molecular flexibility index (Phi) is 5.83. The molecule has 0 fully saturated rings. The van der Waals surface area contributed by atoms with Crippen molar-refractivity contribution in [2.75, 3.05) is 0 Å². The molecule has 0 atom stereocenters. The van der Waals surface area contributed by atoms with E-state index in [-0.39, 0.29) is 0 Å². The molecule has 0 spiro atoms. The predicted octanol–water partition coefficient (Wildman–Crippen LogP) is 5.84. The molecule has 0 saturated heterocycles. The molecule has 22 heavy (non-hydrogen) atoms. The van der Waals surface area contributed by atoms with Gasteiger partial charge >= 0.3 is 0 Å². The second-order valence-corrected chi connectivity index (χ2v) is 6.24. The molecule has 0 aliphatic carbocycles. The lowest BCUT2D eigenvalue weighted by Gasteiger charge is -2.16. The van der Waals surface area contributed by atoms with Crippen molar-refractivity contribution in [1.82, 2.24) is 0 Å². The molecular formula is C22H30. The van der Waals surface area contributed by atoms with Gasteiger partial charge in [0.1, 0.15) is 0 Å². The number of aryl methyl sites for hydroxylation is 5. The summed E-state index contributed by atoms with van der Waals surface area (Å²) in [6.45, 7) is 11.3. The maximum Gasteiger partial charge on any atom is -0.00177 e. The fourth-order valence-electron chi connectivity index (χ4n) is 3.33. The highest BCUT2D eigenvalue weighted by molar-refractivity contribution is 5.44. The Morgan fingerprint density at radius 2 is 1.27 bits per heavy atom.